The van der Waals surface area contributed by atoms with Crippen LogP contribution in [0.15, 0.2) is 29.4 Å². The van der Waals surface area contributed by atoms with Crippen molar-refractivity contribution in [3.63, 3.8) is 0 Å². The number of hydrogen-bond acceptors (Lipinski definition) is 5. The minimum Gasteiger partial charge on any atom is -0.472 e. The lowest BCUT2D eigenvalue weighted by atomic mass is 10.3. The molecule has 4 rings (SSSR count). The van der Waals surface area contributed by atoms with Crippen molar-refractivity contribution in [2.24, 2.45) is 12.0 Å². The standard InChI is InChI=1S/C18H25N7O/c1-13-22-23-16(24(13)2)11-20-18(21-14-6-7-14)25-10-8-15(12-25)26-17-5-3-4-9-19-17/h3-5,9,14-15H,6-8,10-12H2,1-2H3,(H,20,21). The molecule has 0 spiro atoms. The van der Waals surface area contributed by atoms with E-state index in [1.807, 2.05) is 36.7 Å². The molecule has 1 N–H and O–H groups in total. The number of pyridine rings is 1. The van der Waals surface area contributed by atoms with Crippen LogP contribution in [0.4, 0.5) is 0 Å². The van der Waals surface area contributed by atoms with Crippen molar-refractivity contribution in [1.29, 1.82) is 0 Å². The highest BCUT2D eigenvalue weighted by molar-refractivity contribution is 5.81. The minimum atomic E-state index is 0.133. The summed E-state index contributed by atoms with van der Waals surface area (Å²) in [6, 6.07) is 6.29. The second-order valence-corrected chi connectivity index (χ2v) is 6.92. The molecule has 2 fully saturated rings. The first-order valence-electron chi connectivity index (χ1n) is 9.17. The molecule has 8 heteroatoms. The molecule has 0 aromatic carbocycles. The molecule has 1 aliphatic heterocycles. The summed E-state index contributed by atoms with van der Waals surface area (Å²) in [5.41, 5.74) is 0. The van der Waals surface area contributed by atoms with E-state index in [9.17, 15) is 0 Å². The predicted octanol–water partition coefficient (Wildman–Crippen LogP) is 1.28. The number of aliphatic imine (C=N–C) groups is 1. The van der Waals surface area contributed by atoms with Crippen LogP contribution in [0.25, 0.3) is 0 Å². The topological polar surface area (TPSA) is 80.5 Å². The zero-order chi connectivity index (χ0) is 17.9. The molecule has 0 bridgehead atoms. The summed E-state index contributed by atoms with van der Waals surface area (Å²) in [5.74, 6) is 3.40. The molecular formula is C18H25N7O. The zero-order valence-corrected chi connectivity index (χ0v) is 15.3. The van der Waals surface area contributed by atoms with Gasteiger partial charge in [-0.05, 0) is 25.8 Å². The third-order valence-corrected chi connectivity index (χ3v) is 4.83. The summed E-state index contributed by atoms with van der Waals surface area (Å²) in [7, 11) is 1.97. The lowest BCUT2D eigenvalue weighted by Crippen LogP contribution is -2.42. The number of rotatable bonds is 5. The van der Waals surface area contributed by atoms with E-state index in [0.29, 0.717) is 18.5 Å². The van der Waals surface area contributed by atoms with E-state index < -0.39 is 0 Å². The quantitative estimate of drug-likeness (QED) is 0.643. The summed E-state index contributed by atoms with van der Waals surface area (Å²) in [4.78, 5) is 11.3. The third-order valence-electron chi connectivity index (χ3n) is 4.83. The van der Waals surface area contributed by atoms with Crippen molar-refractivity contribution in [1.82, 2.24) is 30.0 Å². The highest BCUT2D eigenvalue weighted by Gasteiger charge is 2.30. The molecule has 138 valence electrons. The zero-order valence-electron chi connectivity index (χ0n) is 15.3. The molecule has 0 radical (unpaired) electrons. The average Bonchev–Trinajstić information content (AvgIpc) is 3.27. The molecule has 1 unspecified atom stereocenters. The van der Waals surface area contributed by atoms with E-state index in [4.69, 9.17) is 9.73 Å². The van der Waals surface area contributed by atoms with Gasteiger partial charge < -0.3 is 19.5 Å². The molecule has 2 aromatic heterocycles. The summed E-state index contributed by atoms with van der Waals surface area (Å²) in [5, 5.41) is 11.9. The first-order valence-corrected chi connectivity index (χ1v) is 9.17. The average molecular weight is 355 g/mol. The Kier molecular flexibility index (Phi) is 4.73. The highest BCUT2D eigenvalue weighted by Crippen LogP contribution is 2.21. The maximum Gasteiger partial charge on any atom is 0.213 e. The van der Waals surface area contributed by atoms with Crippen LogP contribution in [-0.2, 0) is 13.6 Å². The van der Waals surface area contributed by atoms with E-state index in [1.165, 1.54) is 12.8 Å². The predicted molar refractivity (Wildman–Crippen MR) is 97.9 cm³/mol. The Labute approximate surface area is 153 Å². The van der Waals surface area contributed by atoms with Crippen molar-refractivity contribution < 1.29 is 4.74 Å². The van der Waals surface area contributed by atoms with Crippen LogP contribution in [0, 0.1) is 6.92 Å². The number of likely N-dealkylation sites (tertiary alicyclic amines) is 1. The number of aromatic nitrogens is 4. The van der Waals surface area contributed by atoms with Crippen molar-refractivity contribution in [2.75, 3.05) is 13.1 Å². The normalized spacial score (nSPS) is 20.5. The van der Waals surface area contributed by atoms with Crippen molar-refractivity contribution in [2.45, 2.75) is 44.9 Å². The number of ether oxygens (including phenoxy) is 1. The maximum atomic E-state index is 6.00. The fourth-order valence-corrected chi connectivity index (χ4v) is 2.99. The van der Waals surface area contributed by atoms with E-state index >= 15 is 0 Å². The number of nitrogens with one attached hydrogen (secondary N) is 1. The summed E-state index contributed by atoms with van der Waals surface area (Å²) >= 11 is 0. The lowest BCUT2D eigenvalue weighted by molar-refractivity contribution is 0.205. The van der Waals surface area contributed by atoms with Crippen molar-refractivity contribution >= 4 is 5.96 Å². The van der Waals surface area contributed by atoms with Gasteiger partial charge >= 0.3 is 0 Å². The molecular weight excluding hydrogens is 330 g/mol. The van der Waals surface area contributed by atoms with Crippen molar-refractivity contribution in [3.8, 4) is 5.88 Å². The van der Waals surface area contributed by atoms with Crippen LogP contribution < -0.4 is 10.1 Å². The van der Waals surface area contributed by atoms with Crippen molar-refractivity contribution in [3.05, 3.63) is 36.0 Å². The molecule has 2 aromatic rings. The summed E-state index contributed by atoms with van der Waals surface area (Å²) < 4.78 is 7.98. The smallest absolute Gasteiger partial charge is 0.213 e. The number of nitrogens with zero attached hydrogens (tertiary/aromatic N) is 6. The number of hydrogen-bond donors (Lipinski definition) is 1. The van der Waals surface area contributed by atoms with Crippen LogP contribution in [-0.4, -0.2) is 55.8 Å². The van der Waals surface area contributed by atoms with Crippen LogP contribution in [0.5, 0.6) is 5.88 Å². The van der Waals surface area contributed by atoms with Crippen LogP contribution in [0.1, 0.15) is 30.9 Å². The Morgan fingerprint density at radius 2 is 2.19 bits per heavy atom. The fraction of sp³-hybridized carbons (Fsp3) is 0.556. The Morgan fingerprint density at radius 1 is 1.31 bits per heavy atom. The van der Waals surface area contributed by atoms with Gasteiger partial charge in [-0.2, -0.15) is 0 Å². The lowest BCUT2D eigenvalue weighted by Gasteiger charge is -2.22. The molecule has 2 aliphatic rings. The second-order valence-electron chi connectivity index (χ2n) is 6.92. The van der Waals surface area contributed by atoms with Crippen LogP contribution in [0.3, 0.4) is 0 Å². The maximum absolute atomic E-state index is 6.00. The van der Waals surface area contributed by atoms with Crippen LogP contribution >= 0.6 is 0 Å². The van der Waals surface area contributed by atoms with Gasteiger partial charge in [-0.1, -0.05) is 6.07 Å². The van der Waals surface area contributed by atoms with Gasteiger partial charge in [0.05, 0.1) is 6.54 Å². The van der Waals surface area contributed by atoms with E-state index in [1.54, 1.807) is 6.20 Å². The van der Waals surface area contributed by atoms with Gasteiger partial charge in [0, 0.05) is 38.3 Å². The minimum absolute atomic E-state index is 0.133. The molecule has 1 saturated carbocycles. The largest absolute Gasteiger partial charge is 0.472 e. The SMILES string of the molecule is Cc1nnc(CN=C(NC2CC2)N2CCC(Oc3ccccn3)C2)n1C. The Balaban J connectivity index is 1.41. The summed E-state index contributed by atoms with van der Waals surface area (Å²) in [6.07, 6.45) is 5.28. The van der Waals surface area contributed by atoms with Gasteiger partial charge in [0.1, 0.15) is 18.5 Å². The summed E-state index contributed by atoms with van der Waals surface area (Å²) in [6.45, 7) is 4.21. The fourth-order valence-electron chi connectivity index (χ4n) is 2.99. The number of guanidine groups is 1. The Hall–Kier alpha value is -2.64. The molecule has 1 atom stereocenters. The molecule has 1 aliphatic carbocycles. The molecule has 8 nitrogen and oxygen atoms in total. The van der Waals surface area contributed by atoms with Crippen LogP contribution in [0.2, 0.25) is 0 Å². The van der Waals surface area contributed by atoms with Gasteiger partial charge in [0.25, 0.3) is 0 Å². The van der Waals surface area contributed by atoms with E-state index in [-0.39, 0.29) is 6.10 Å². The second kappa shape index (κ2) is 7.31. The van der Waals surface area contributed by atoms with Gasteiger partial charge in [-0.3, -0.25) is 0 Å². The van der Waals surface area contributed by atoms with Gasteiger partial charge in [0.2, 0.25) is 5.88 Å². The monoisotopic (exact) mass is 355 g/mol. The first-order chi connectivity index (χ1) is 12.7. The van der Waals surface area contributed by atoms with Gasteiger partial charge in [0.15, 0.2) is 11.8 Å². The first kappa shape index (κ1) is 16.8. The molecule has 0 amide bonds. The molecule has 26 heavy (non-hydrogen) atoms. The Bertz CT molecular complexity index is 769. The van der Waals surface area contributed by atoms with Gasteiger partial charge in [-0.15, -0.1) is 10.2 Å². The third kappa shape index (κ3) is 3.95. The molecule has 1 saturated heterocycles. The van der Waals surface area contributed by atoms with E-state index in [2.05, 4.69) is 25.4 Å². The van der Waals surface area contributed by atoms with Gasteiger partial charge in [-0.25, -0.2) is 9.98 Å². The Morgan fingerprint density at radius 3 is 2.88 bits per heavy atom. The molecule has 3 heterocycles. The van der Waals surface area contributed by atoms with E-state index in [0.717, 1.165) is 37.1 Å². The highest BCUT2D eigenvalue weighted by atomic mass is 16.5. The number of aryl methyl sites for hydroxylation is 1.